The first-order chi connectivity index (χ1) is 26.7. The maximum Gasteiger partial charge on any atom is 0.134 e. The van der Waals surface area contributed by atoms with E-state index < -0.39 is 0 Å². The highest BCUT2D eigenvalue weighted by Gasteiger charge is 2.29. The number of hydrogen-bond acceptors (Lipinski definition) is 4. The number of furan rings is 1. The van der Waals surface area contributed by atoms with E-state index in [1.807, 2.05) is 12.3 Å². The Morgan fingerprint density at radius 1 is 0.611 bits per heavy atom. The zero-order chi connectivity index (χ0) is 35.8. The molecule has 4 nitrogen and oxygen atoms in total. The number of pyridine rings is 2. The van der Waals surface area contributed by atoms with Crippen molar-refractivity contribution in [3.05, 3.63) is 186 Å². The first-order valence-corrected chi connectivity index (χ1v) is 19.6. The van der Waals surface area contributed by atoms with E-state index in [-0.39, 0.29) is 0 Å². The van der Waals surface area contributed by atoms with E-state index in [4.69, 9.17) is 14.4 Å². The number of allylic oxidation sites excluding steroid dienone is 7. The number of rotatable bonds is 7. The molecule has 1 saturated carbocycles. The molecule has 0 N–H and O–H groups in total. The van der Waals surface area contributed by atoms with Gasteiger partial charge >= 0.3 is 0 Å². The molecule has 3 aromatic heterocycles. The van der Waals surface area contributed by atoms with Crippen molar-refractivity contribution in [2.45, 2.75) is 56.8 Å². The van der Waals surface area contributed by atoms with E-state index in [2.05, 4.69) is 151 Å². The van der Waals surface area contributed by atoms with Crippen LogP contribution in [-0.2, 0) is 0 Å². The third-order valence-corrected chi connectivity index (χ3v) is 12.0. The summed E-state index contributed by atoms with van der Waals surface area (Å²) in [7, 11) is 0. The normalized spacial score (nSPS) is 20.1. The van der Waals surface area contributed by atoms with Gasteiger partial charge in [0.25, 0.3) is 0 Å². The summed E-state index contributed by atoms with van der Waals surface area (Å²) in [5.74, 6) is 2.64. The van der Waals surface area contributed by atoms with Crippen molar-refractivity contribution in [2.75, 3.05) is 4.90 Å². The third kappa shape index (κ3) is 6.36. The monoisotopic (exact) mass is 701 g/mol. The average Bonchev–Trinajstić information content (AvgIpc) is 3.69. The summed E-state index contributed by atoms with van der Waals surface area (Å²) in [6.45, 7) is 0. The Morgan fingerprint density at radius 3 is 2.04 bits per heavy atom. The molecule has 0 amide bonds. The smallest absolute Gasteiger partial charge is 0.134 e. The molecular weight excluding hydrogens is 659 g/mol. The molecule has 3 aliphatic rings. The summed E-state index contributed by atoms with van der Waals surface area (Å²) < 4.78 is 6.28. The maximum atomic E-state index is 6.28. The summed E-state index contributed by atoms with van der Waals surface area (Å²) in [6.07, 6.45) is 23.9. The minimum absolute atomic E-state index is 0.303. The van der Waals surface area contributed by atoms with Gasteiger partial charge in [0.1, 0.15) is 11.3 Å². The molecule has 1 unspecified atom stereocenters. The fraction of sp³-hybridized carbons (Fsp3) is 0.200. The summed E-state index contributed by atoms with van der Waals surface area (Å²) >= 11 is 0. The van der Waals surface area contributed by atoms with E-state index in [9.17, 15) is 0 Å². The number of fused-ring (bicyclic) bond motifs is 3. The minimum atomic E-state index is 0.303. The lowest BCUT2D eigenvalue weighted by Crippen LogP contribution is -2.24. The largest absolute Gasteiger partial charge is 0.461 e. The molecule has 0 bridgehead atoms. The molecule has 1 atom stereocenters. The van der Waals surface area contributed by atoms with Crippen molar-refractivity contribution in [1.29, 1.82) is 0 Å². The highest BCUT2D eigenvalue weighted by molar-refractivity contribution is 5.84. The number of anilines is 1. The summed E-state index contributed by atoms with van der Waals surface area (Å²) in [5.41, 5.74) is 12.0. The lowest BCUT2D eigenvalue weighted by molar-refractivity contribution is 0.326. The molecule has 0 aliphatic heterocycles. The van der Waals surface area contributed by atoms with E-state index >= 15 is 0 Å². The van der Waals surface area contributed by atoms with E-state index in [0.717, 1.165) is 46.8 Å². The molecule has 4 heteroatoms. The van der Waals surface area contributed by atoms with Gasteiger partial charge in [-0.15, -0.1) is 0 Å². The van der Waals surface area contributed by atoms with Crippen LogP contribution >= 0.6 is 0 Å². The molecule has 0 saturated heterocycles. The first kappa shape index (κ1) is 32.6. The van der Waals surface area contributed by atoms with Gasteiger partial charge in [-0.3, -0.25) is 9.97 Å². The van der Waals surface area contributed by atoms with Gasteiger partial charge < -0.3 is 9.32 Å². The maximum absolute atomic E-state index is 6.28. The first-order valence-electron chi connectivity index (χ1n) is 19.6. The van der Waals surface area contributed by atoms with Crippen molar-refractivity contribution in [2.24, 2.45) is 5.92 Å². The van der Waals surface area contributed by atoms with E-state index in [1.165, 1.54) is 70.4 Å². The van der Waals surface area contributed by atoms with Crippen LogP contribution in [0.2, 0.25) is 0 Å². The highest BCUT2D eigenvalue weighted by atomic mass is 16.3. The van der Waals surface area contributed by atoms with Gasteiger partial charge in [0, 0.05) is 63.0 Å². The predicted octanol–water partition coefficient (Wildman–Crippen LogP) is 13.2. The minimum Gasteiger partial charge on any atom is -0.461 e. The predicted molar refractivity (Wildman–Crippen MR) is 222 cm³/mol. The van der Waals surface area contributed by atoms with E-state index in [1.54, 1.807) is 5.57 Å². The summed E-state index contributed by atoms with van der Waals surface area (Å²) in [4.78, 5) is 12.0. The van der Waals surface area contributed by atoms with Gasteiger partial charge in [-0.1, -0.05) is 90.5 Å². The standard InChI is InChI=1S/C50H43N3O/c1-4-10-47-39(7-1)29-42(32-51-47)36-19-25-45(26-20-36)53(46-27-21-37(22-28-46)43-30-40-8-2-5-11-48(40)52-33-43)44-23-17-35(18-24-44)34-13-15-38(16-14-34)50-31-41-9-3-6-12-49(41)54-50/h1-12,17,19-21,23,25-34,37-38H,13-16,18,22,24H2. The average molecular weight is 702 g/mol. The van der Waals surface area contributed by atoms with Gasteiger partial charge in [-0.05, 0) is 123 Å². The second kappa shape index (κ2) is 14.1. The van der Waals surface area contributed by atoms with Gasteiger partial charge in [0.15, 0.2) is 0 Å². The molecule has 264 valence electrons. The Labute approximate surface area is 316 Å². The van der Waals surface area contributed by atoms with Crippen molar-refractivity contribution >= 4 is 38.5 Å². The zero-order valence-electron chi connectivity index (χ0n) is 30.4. The van der Waals surface area contributed by atoms with Crippen LogP contribution < -0.4 is 4.90 Å². The fourth-order valence-corrected chi connectivity index (χ4v) is 8.95. The zero-order valence-corrected chi connectivity index (χ0v) is 30.4. The number of benzene rings is 4. The van der Waals surface area contributed by atoms with Crippen LogP contribution in [0.4, 0.5) is 5.69 Å². The molecule has 3 aliphatic carbocycles. The Bertz CT molecular complexity index is 2580. The van der Waals surface area contributed by atoms with Crippen LogP contribution in [0, 0.1) is 5.92 Å². The Morgan fingerprint density at radius 2 is 1.31 bits per heavy atom. The molecule has 1 fully saturated rings. The Kier molecular flexibility index (Phi) is 8.52. The van der Waals surface area contributed by atoms with Gasteiger partial charge in [0.05, 0.1) is 11.0 Å². The van der Waals surface area contributed by atoms with Gasteiger partial charge in [0.2, 0.25) is 0 Å². The Hall–Kier alpha value is -6.00. The number of para-hydroxylation sites is 3. The number of aromatic nitrogens is 2. The quantitative estimate of drug-likeness (QED) is 0.166. The second-order valence-corrected chi connectivity index (χ2v) is 15.2. The molecule has 0 radical (unpaired) electrons. The van der Waals surface area contributed by atoms with Crippen LogP contribution in [0.1, 0.15) is 68.1 Å². The van der Waals surface area contributed by atoms with Crippen molar-refractivity contribution in [3.8, 4) is 11.1 Å². The Balaban J connectivity index is 0.910. The van der Waals surface area contributed by atoms with Crippen molar-refractivity contribution < 1.29 is 4.42 Å². The molecule has 3 heterocycles. The van der Waals surface area contributed by atoms with Crippen LogP contribution in [0.25, 0.3) is 43.9 Å². The fourth-order valence-electron chi connectivity index (χ4n) is 8.95. The molecule has 4 aromatic carbocycles. The molecule has 7 aromatic rings. The van der Waals surface area contributed by atoms with Crippen LogP contribution in [0.15, 0.2) is 179 Å². The van der Waals surface area contributed by atoms with Crippen molar-refractivity contribution in [3.63, 3.8) is 0 Å². The third-order valence-electron chi connectivity index (χ3n) is 12.0. The highest BCUT2D eigenvalue weighted by Crippen LogP contribution is 2.43. The summed E-state index contributed by atoms with van der Waals surface area (Å²) in [5, 5.41) is 3.57. The summed E-state index contributed by atoms with van der Waals surface area (Å²) in [6, 6.07) is 40.9. The van der Waals surface area contributed by atoms with Crippen LogP contribution in [-0.4, -0.2) is 9.97 Å². The van der Waals surface area contributed by atoms with E-state index in [0.29, 0.717) is 17.8 Å². The topological polar surface area (TPSA) is 42.2 Å². The SMILES string of the molecule is C1=CC(c2cnc3ccccc3c2)CC=C1N(C1=CC=C(C2CCC(c3cc4ccccc4o3)CC2)CC1)c1ccc(-c2cnc3ccccc3c2)cc1. The molecular formula is C50H43N3O. The van der Waals surface area contributed by atoms with Gasteiger partial charge in [-0.2, -0.15) is 0 Å². The lowest BCUT2D eigenvalue weighted by atomic mass is 9.75. The second-order valence-electron chi connectivity index (χ2n) is 15.2. The molecule has 0 spiro atoms. The molecule has 54 heavy (non-hydrogen) atoms. The number of nitrogens with zero attached hydrogens (tertiary/aromatic N) is 3. The lowest BCUT2D eigenvalue weighted by Gasteiger charge is -2.34. The number of hydrogen-bond donors (Lipinski definition) is 0. The molecule has 10 rings (SSSR count). The van der Waals surface area contributed by atoms with Crippen LogP contribution in [0.3, 0.4) is 0 Å². The van der Waals surface area contributed by atoms with Crippen molar-refractivity contribution in [1.82, 2.24) is 9.97 Å². The van der Waals surface area contributed by atoms with Crippen LogP contribution in [0.5, 0.6) is 0 Å². The van der Waals surface area contributed by atoms with Gasteiger partial charge in [-0.25, -0.2) is 0 Å².